The standard InChI is InChI=1S/C11H16NO2P/c12-11(14)3-1-2-10(13)8-4-6-9(15)7-5-8/h4,6H,1-3,5,7,15H2,(H2,12,14)/p+1. The Balaban J connectivity index is 2.38. The van der Waals surface area contributed by atoms with Crippen LogP contribution in [0.25, 0.3) is 0 Å². The number of hydrogen-bond donors (Lipinski definition) is 1. The summed E-state index contributed by atoms with van der Waals surface area (Å²) in [4.78, 5) is 22.2. The van der Waals surface area contributed by atoms with E-state index in [1.54, 1.807) is 0 Å². The molecule has 0 bridgehead atoms. The van der Waals surface area contributed by atoms with Gasteiger partial charge in [-0.3, -0.25) is 10.5 Å². The topological polar surface area (TPSA) is 61.8 Å². The molecule has 0 saturated heterocycles. The third-order valence-corrected chi connectivity index (χ3v) is 2.88. The van der Waals surface area contributed by atoms with Crippen LogP contribution in [-0.4, -0.2) is 11.7 Å². The quantitative estimate of drug-likeness (QED) is 0.710. The molecule has 0 aromatic rings. The fraction of sp³-hybridized carbons (Fsp3) is 0.455. The van der Waals surface area contributed by atoms with E-state index in [9.17, 15) is 9.59 Å². The molecule has 0 saturated carbocycles. The number of amides is 1. The van der Waals surface area contributed by atoms with E-state index in [1.807, 2.05) is 12.2 Å². The second-order valence-electron chi connectivity index (χ2n) is 3.75. The van der Waals surface area contributed by atoms with E-state index in [1.165, 1.54) is 5.31 Å². The number of allylic oxidation sites excluding steroid dienone is 4. The monoisotopic (exact) mass is 226 g/mol. The minimum Gasteiger partial charge on any atom is -0.295 e. The van der Waals surface area contributed by atoms with Gasteiger partial charge in [-0.2, -0.15) is 0 Å². The Bertz CT molecular complexity index is 331. The van der Waals surface area contributed by atoms with E-state index in [2.05, 4.69) is 15.0 Å². The fourth-order valence-corrected chi connectivity index (χ4v) is 1.73. The highest BCUT2D eigenvalue weighted by Crippen LogP contribution is 2.24. The van der Waals surface area contributed by atoms with Gasteiger partial charge in [0.15, 0.2) is 5.78 Å². The first-order valence-electron chi connectivity index (χ1n) is 5.13. The predicted octanol–water partition coefficient (Wildman–Crippen LogP) is 0.973. The Morgan fingerprint density at radius 3 is 2.53 bits per heavy atom. The molecule has 1 unspecified atom stereocenters. The molecule has 0 spiro atoms. The van der Waals surface area contributed by atoms with Gasteiger partial charge in [-0.25, -0.2) is 4.79 Å². The summed E-state index contributed by atoms with van der Waals surface area (Å²) in [5.74, 6) is 0.0811. The highest BCUT2D eigenvalue weighted by atomic mass is 31.0. The van der Waals surface area contributed by atoms with Crippen molar-refractivity contribution < 1.29 is 15.3 Å². The lowest BCUT2D eigenvalue weighted by Gasteiger charge is -2.10. The van der Waals surface area contributed by atoms with Gasteiger partial charge in [0.25, 0.3) is 0 Å². The molecule has 15 heavy (non-hydrogen) atoms. The molecule has 1 aliphatic carbocycles. The summed E-state index contributed by atoms with van der Waals surface area (Å²) in [5, 5.41) is 1.24. The lowest BCUT2D eigenvalue weighted by Crippen LogP contribution is -2.56. The second-order valence-corrected chi connectivity index (χ2v) is 4.49. The molecule has 0 heterocycles. The Hall–Kier alpha value is -0.790. The molecule has 0 aromatic heterocycles. The van der Waals surface area contributed by atoms with Crippen molar-refractivity contribution in [1.82, 2.24) is 0 Å². The fourth-order valence-electron chi connectivity index (χ4n) is 1.49. The van der Waals surface area contributed by atoms with Crippen molar-refractivity contribution in [2.45, 2.75) is 32.1 Å². The third-order valence-electron chi connectivity index (χ3n) is 2.40. The van der Waals surface area contributed by atoms with E-state index in [4.69, 9.17) is 0 Å². The molecule has 3 N–H and O–H groups in total. The molecule has 0 aliphatic heterocycles. The molecule has 1 rings (SSSR count). The molecule has 0 radical (unpaired) electrons. The van der Waals surface area contributed by atoms with Gasteiger partial charge in [0.2, 0.25) is 0 Å². The van der Waals surface area contributed by atoms with Gasteiger partial charge in [0, 0.05) is 6.42 Å². The van der Waals surface area contributed by atoms with Crippen LogP contribution in [0.5, 0.6) is 0 Å². The molecular formula is C11H17NO2P+. The first-order valence-corrected chi connectivity index (χ1v) is 5.70. The Morgan fingerprint density at radius 1 is 1.27 bits per heavy atom. The zero-order chi connectivity index (χ0) is 11.3. The van der Waals surface area contributed by atoms with Gasteiger partial charge in [0.1, 0.15) is 0 Å². The number of quaternary nitrogens is 1. The Labute approximate surface area is 92.0 Å². The summed E-state index contributed by atoms with van der Waals surface area (Å²) < 4.78 is 0. The van der Waals surface area contributed by atoms with E-state index >= 15 is 0 Å². The van der Waals surface area contributed by atoms with Crippen molar-refractivity contribution in [2.24, 2.45) is 0 Å². The van der Waals surface area contributed by atoms with E-state index in [0.29, 0.717) is 19.3 Å². The average Bonchev–Trinajstić information content (AvgIpc) is 2.18. The summed E-state index contributed by atoms with van der Waals surface area (Å²) in [7, 11) is 2.66. The van der Waals surface area contributed by atoms with Crippen LogP contribution in [0, 0.1) is 0 Å². The van der Waals surface area contributed by atoms with Crippen LogP contribution in [-0.2, 0) is 9.59 Å². The largest absolute Gasteiger partial charge is 0.308 e. The van der Waals surface area contributed by atoms with Gasteiger partial charge in [-0.05, 0) is 24.8 Å². The first kappa shape index (κ1) is 12.3. The zero-order valence-corrected chi connectivity index (χ0v) is 9.95. The van der Waals surface area contributed by atoms with E-state index in [0.717, 1.165) is 18.4 Å². The van der Waals surface area contributed by atoms with Gasteiger partial charge >= 0.3 is 5.91 Å². The van der Waals surface area contributed by atoms with Crippen molar-refractivity contribution in [3.8, 4) is 0 Å². The Kier molecular flexibility index (Phi) is 4.86. The maximum atomic E-state index is 11.7. The SMILES string of the molecule is [NH3+]C(=O)CCCC(=O)C1=CC=C(P)CC1. The van der Waals surface area contributed by atoms with Crippen LogP contribution < -0.4 is 5.73 Å². The highest BCUT2D eigenvalue weighted by molar-refractivity contribution is 7.22. The lowest BCUT2D eigenvalue weighted by atomic mass is 9.97. The average molecular weight is 226 g/mol. The van der Waals surface area contributed by atoms with E-state index in [-0.39, 0.29) is 11.7 Å². The zero-order valence-electron chi connectivity index (χ0n) is 8.79. The van der Waals surface area contributed by atoms with Crippen LogP contribution in [0.15, 0.2) is 23.0 Å². The predicted molar refractivity (Wildman–Crippen MR) is 61.9 cm³/mol. The van der Waals surface area contributed by atoms with Crippen molar-refractivity contribution in [1.29, 1.82) is 0 Å². The first-order chi connectivity index (χ1) is 7.09. The van der Waals surface area contributed by atoms with Gasteiger partial charge in [0.05, 0.1) is 6.42 Å². The van der Waals surface area contributed by atoms with Crippen LogP contribution in [0.4, 0.5) is 0 Å². The molecule has 0 aromatic carbocycles. The van der Waals surface area contributed by atoms with Crippen molar-refractivity contribution in [2.75, 3.05) is 0 Å². The summed E-state index contributed by atoms with van der Waals surface area (Å²) in [6.45, 7) is 0. The van der Waals surface area contributed by atoms with Gasteiger partial charge in [-0.15, -0.1) is 9.24 Å². The molecule has 3 nitrogen and oxygen atoms in total. The number of hydrogen-bond acceptors (Lipinski definition) is 2. The summed E-state index contributed by atoms with van der Waals surface area (Å²) in [6.07, 6.45) is 7.12. The minimum atomic E-state index is -0.0902. The van der Waals surface area contributed by atoms with Crippen LogP contribution in [0.2, 0.25) is 0 Å². The summed E-state index contributed by atoms with van der Waals surface area (Å²) in [6, 6.07) is 0. The van der Waals surface area contributed by atoms with Crippen LogP contribution in [0.1, 0.15) is 32.1 Å². The number of rotatable bonds is 5. The maximum Gasteiger partial charge on any atom is 0.308 e. The highest BCUT2D eigenvalue weighted by Gasteiger charge is 2.12. The van der Waals surface area contributed by atoms with Gasteiger partial charge in [-0.1, -0.05) is 17.5 Å². The molecule has 0 fully saturated rings. The molecule has 82 valence electrons. The van der Waals surface area contributed by atoms with Crippen molar-refractivity contribution >= 4 is 20.9 Å². The van der Waals surface area contributed by atoms with E-state index < -0.39 is 0 Å². The molecule has 1 aliphatic rings. The number of ketones is 1. The molecule has 1 amide bonds. The second kappa shape index (κ2) is 5.94. The maximum absolute atomic E-state index is 11.7. The minimum absolute atomic E-state index is 0.0902. The smallest absolute Gasteiger partial charge is 0.295 e. The van der Waals surface area contributed by atoms with Gasteiger partial charge < -0.3 is 0 Å². The third kappa shape index (κ3) is 4.50. The number of carbonyl (C=O) groups excluding carboxylic acids is 2. The number of Topliss-reactive ketones (excluding diaryl/α,β-unsaturated/α-hetero) is 1. The molecule has 4 heteroatoms. The van der Waals surface area contributed by atoms with Crippen molar-refractivity contribution in [3.63, 3.8) is 0 Å². The van der Waals surface area contributed by atoms with Crippen LogP contribution in [0.3, 0.4) is 0 Å². The Morgan fingerprint density at radius 2 is 2.00 bits per heavy atom. The van der Waals surface area contributed by atoms with Crippen LogP contribution >= 0.6 is 9.24 Å². The lowest BCUT2D eigenvalue weighted by molar-refractivity contribution is -0.305. The summed E-state index contributed by atoms with van der Waals surface area (Å²) in [5.41, 5.74) is 4.17. The number of carbonyl (C=O) groups is 2. The van der Waals surface area contributed by atoms with Crippen molar-refractivity contribution in [3.05, 3.63) is 23.0 Å². The summed E-state index contributed by atoms with van der Waals surface area (Å²) >= 11 is 0. The molecular weight excluding hydrogens is 209 g/mol. The molecule has 1 atom stereocenters. The normalized spacial score (nSPS) is 15.6.